The van der Waals surface area contributed by atoms with Gasteiger partial charge in [0, 0.05) is 19.6 Å². The number of carbonyl (C=O) groups excluding carboxylic acids is 1. The summed E-state index contributed by atoms with van der Waals surface area (Å²) in [7, 11) is -3.68. The van der Waals surface area contributed by atoms with Crippen LogP contribution >= 0.6 is 0 Å². The van der Waals surface area contributed by atoms with Gasteiger partial charge in [0.25, 0.3) is 5.91 Å². The molecule has 0 spiro atoms. The first-order valence-corrected chi connectivity index (χ1v) is 10.2. The van der Waals surface area contributed by atoms with E-state index in [1.807, 2.05) is 6.92 Å². The van der Waals surface area contributed by atoms with Gasteiger partial charge >= 0.3 is 0 Å². The normalized spacial score (nSPS) is 11.4. The summed E-state index contributed by atoms with van der Waals surface area (Å²) in [6.45, 7) is 6.65. The maximum atomic E-state index is 13.9. The zero-order valence-electron chi connectivity index (χ0n) is 15.6. The van der Waals surface area contributed by atoms with Gasteiger partial charge in [0.05, 0.1) is 21.8 Å². The molecule has 27 heavy (non-hydrogen) atoms. The number of nitrogens with zero attached hydrogens (tertiary/aromatic N) is 1. The molecule has 0 aliphatic rings. The minimum atomic E-state index is -3.68. The van der Waals surface area contributed by atoms with E-state index < -0.39 is 21.7 Å². The van der Waals surface area contributed by atoms with E-state index in [2.05, 4.69) is 10.6 Å². The lowest BCUT2D eigenvalue weighted by atomic mass is 10.2. The van der Waals surface area contributed by atoms with Crippen LogP contribution in [0.5, 0.6) is 0 Å². The molecule has 0 heterocycles. The lowest BCUT2D eigenvalue weighted by Gasteiger charge is -2.20. The second kappa shape index (κ2) is 8.96. The van der Waals surface area contributed by atoms with E-state index in [1.54, 1.807) is 26.0 Å². The van der Waals surface area contributed by atoms with Crippen LogP contribution in [0.3, 0.4) is 0 Å². The Bertz CT molecular complexity index is 912. The molecule has 0 aromatic heterocycles. The third-order valence-corrected chi connectivity index (χ3v) is 6.11. The lowest BCUT2D eigenvalue weighted by molar-refractivity contribution is 0.102. The largest absolute Gasteiger partial charge is 0.384 e. The van der Waals surface area contributed by atoms with Crippen LogP contribution < -0.4 is 10.6 Å². The summed E-state index contributed by atoms with van der Waals surface area (Å²) in [6, 6.07) is 10.1. The van der Waals surface area contributed by atoms with Gasteiger partial charge in [0.2, 0.25) is 10.0 Å². The van der Waals surface area contributed by atoms with Crippen molar-refractivity contribution >= 4 is 27.3 Å². The standard InChI is InChI=1S/C19H24FN3O3S/c1-4-21-17-12-11-14(27(25,26)23(5-2)6-3)13-18(17)22-19(24)15-9-7-8-10-16(15)20/h7-13,21H,4-6H2,1-3H3,(H,22,24). The smallest absolute Gasteiger partial charge is 0.258 e. The average Bonchev–Trinajstić information content (AvgIpc) is 2.64. The van der Waals surface area contributed by atoms with Gasteiger partial charge in [-0.05, 0) is 37.3 Å². The topological polar surface area (TPSA) is 78.5 Å². The monoisotopic (exact) mass is 393 g/mol. The summed E-state index contributed by atoms with van der Waals surface area (Å²) in [5.74, 6) is -1.29. The SMILES string of the molecule is CCNc1ccc(S(=O)(=O)N(CC)CC)cc1NC(=O)c1ccccc1F. The molecule has 2 rings (SSSR count). The zero-order valence-corrected chi connectivity index (χ0v) is 16.4. The number of sulfonamides is 1. The highest BCUT2D eigenvalue weighted by atomic mass is 32.2. The predicted octanol–water partition coefficient (Wildman–Crippen LogP) is 3.54. The van der Waals surface area contributed by atoms with Gasteiger partial charge in [-0.3, -0.25) is 4.79 Å². The molecule has 0 atom stereocenters. The van der Waals surface area contributed by atoms with E-state index in [1.165, 1.54) is 34.6 Å². The summed E-state index contributed by atoms with van der Waals surface area (Å²) in [4.78, 5) is 12.5. The van der Waals surface area contributed by atoms with Crippen molar-refractivity contribution in [3.63, 3.8) is 0 Å². The Kier molecular flexibility index (Phi) is 6.92. The van der Waals surface area contributed by atoms with Gasteiger partial charge in [-0.15, -0.1) is 0 Å². The highest BCUT2D eigenvalue weighted by Crippen LogP contribution is 2.28. The van der Waals surface area contributed by atoms with Crippen molar-refractivity contribution in [1.29, 1.82) is 0 Å². The fourth-order valence-electron chi connectivity index (χ4n) is 2.68. The van der Waals surface area contributed by atoms with Crippen LogP contribution in [0.15, 0.2) is 47.4 Å². The second-order valence-corrected chi connectivity index (χ2v) is 7.70. The number of hydrogen-bond acceptors (Lipinski definition) is 4. The van der Waals surface area contributed by atoms with E-state index in [9.17, 15) is 17.6 Å². The summed E-state index contributed by atoms with van der Waals surface area (Å²) in [5, 5.41) is 5.68. The van der Waals surface area contributed by atoms with Crippen LogP contribution in [-0.4, -0.2) is 38.3 Å². The first-order valence-electron chi connectivity index (χ1n) is 8.79. The average molecular weight is 393 g/mol. The van der Waals surface area contributed by atoms with Crippen molar-refractivity contribution in [1.82, 2.24) is 4.31 Å². The Morgan fingerprint density at radius 1 is 1.04 bits per heavy atom. The van der Waals surface area contributed by atoms with Crippen molar-refractivity contribution in [3.8, 4) is 0 Å². The number of benzene rings is 2. The van der Waals surface area contributed by atoms with Crippen LogP contribution in [0.2, 0.25) is 0 Å². The molecule has 6 nitrogen and oxygen atoms in total. The first kappa shape index (κ1) is 20.9. The fourth-order valence-corrected chi connectivity index (χ4v) is 4.16. The first-order chi connectivity index (χ1) is 12.8. The molecule has 1 amide bonds. The highest BCUT2D eigenvalue weighted by Gasteiger charge is 2.23. The van der Waals surface area contributed by atoms with E-state index >= 15 is 0 Å². The van der Waals surface area contributed by atoms with Gasteiger partial charge in [-0.25, -0.2) is 12.8 Å². The van der Waals surface area contributed by atoms with Crippen molar-refractivity contribution in [3.05, 3.63) is 53.8 Å². The van der Waals surface area contributed by atoms with Crippen LogP contribution in [0, 0.1) is 5.82 Å². The van der Waals surface area contributed by atoms with Gasteiger partial charge in [-0.1, -0.05) is 26.0 Å². The van der Waals surface area contributed by atoms with Crippen molar-refractivity contribution in [2.45, 2.75) is 25.7 Å². The maximum Gasteiger partial charge on any atom is 0.258 e. The zero-order chi connectivity index (χ0) is 20.0. The molecule has 0 saturated carbocycles. The Morgan fingerprint density at radius 2 is 1.70 bits per heavy atom. The number of nitrogens with one attached hydrogen (secondary N) is 2. The molecular formula is C19H24FN3O3S. The van der Waals surface area contributed by atoms with Crippen LogP contribution in [0.4, 0.5) is 15.8 Å². The molecule has 0 aliphatic carbocycles. The third kappa shape index (κ3) is 4.64. The van der Waals surface area contributed by atoms with Gasteiger partial charge in [0.1, 0.15) is 5.82 Å². The van der Waals surface area contributed by atoms with Gasteiger partial charge < -0.3 is 10.6 Å². The second-order valence-electron chi connectivity index (χ2n) is 5.76. The molecule has 146 valence electrons. The molecule has 2 aromatic rings. The quantitative estimate of drug-likeness (QED) is 0.719. The van der Waals surface area contributed by atoms with E-state index in [0.717, 1.165) is 0 Å². The molecule has 0 radical (unpaired) electrons. The number of halogens is 1. The van der Waals surface area contributed by atoms with Crippen LogP contribution in [0.25, 0.3) is 0 Å². The molecule has 0 unspecified atom stereocenters. The Morgan fingerprint density at radius 3 is 2.30 bits per heavy atom. The Labute approximate surface area is 159 Å². The molecular weight excluding hydrogens is 369 g/mol. The number of hydrogen-bond donors (Lipinski definition) is 2. The minimum absolute atomic E-state index is 0.0664. The Hall–Kier alpha value is -2.45. The summed E-state index contributed by atoms with van der Waals surface area (Å²) < 4.78 is 40.7. The van der Waals surface area contributed by atoms with Gasteiger partial charge in [-0.2, -0.15) is 4.31 Å². The fraction of sp³-hybridized carbons (Fsp3) is 0.316. The molecule has 8 heteroatoms. The molecule has 0 bridgehead atoms. The van der Waals surface area contributed by atoms with E-state index in [0.29, 0.717) is 25.3 Å². The number of amides is 1. The predicted molar refractivity (Wildman–Crippen MR) is 105 cm³/mol. The molecule has 0 fully saturated rings. The number of rotatable bonds is 8. The molecule has 2 aromatic carbocycles. The summed E-state index contributed by atoms with van der Waals surface area (Å²) in [6.07, 6.45) is 0. The van der Waals surface area contributed by atoms with E-state index in [-0.39, 0.29) is 16.1 Å². The molecule has 2 N–H and O–H groups in total. The molecule has 0 aliphatic heterocycles. The summed E-state index contributed by atoms with van der Waals surface area (Å²) >= 11 is 0. The van der Waals surface area contributed by atoms with Crippen LogP contribution in [0.1, 0.15) is 31.1 Å². The Balaban J connectivity index is 2.44. The maximum absolute atomic E-state index is 13.9. The highest BCUT2D eigenvalue weighted by molar-refractivity contribution is 7.89. The van der Waals surface area contributed by atoms with Crippen molar-refractivity contribution < 1.29 is 17.6 Å². The number of carbonyl (C=O) groups is 1. The lowest BCUT2D eigenvalue weighted by Crippen LogP contribution is -2.30. The van der Waals surface area contributed by atoms with Gasteiger partial charge in [0.15, 0.2) is 0 Å². The van der Waals surface area contributed by atoms with E-state index in [4.69, 9.17) is 0 Å². The number of anilines is 2. The molecule has 0 saturated heterocycles. The van der Waals surface area contributed by atoms with Crippen molar-refractivity contribution in [2.24, 2.45) is 0 Å². The third-order valence-electron chi connectivity index (χ3n) is 4.07. The summed E-state index contributed by atoms with van der Waals surface area (Å²) in [5.41, 5.74) is 0.718. The van der Waals surface area contributed by atoms with Crippen molar-refractivity contribution in [2.75, 3.05) is 30.3 Å². The van der Waals surface area contributed by atoms with Crippen LogP contribution in [-0.2, 0) is 10.0 Å². The minimum Gasteiger partial charge on any atom is -0.384 e.